The van der Waals surface area contributed by atoms with Crippen molar-refractivity contribution < 1.29 is 27.8 Å². The first kappa shape index (κ1) is 17.3. The minimum atomic E-state index is -0.723. The van der Waals surface area contributed by atoms with Crippen molar-refractivity contribution in [3.8, 4) is 5.75 Å². The van der Waals surface area contributed by atoms with Crippen LogP contribution in [0.4, 0.5) is 8.78 Å². The molecule has 1 aliphatic rings. The van der Waals surface area contributed by atoms with Gasteiger partial charge in [0.1, 0.15) is 17.4 Å². The summed E-state index contributed by atoms with van der Waals surface area (Å²) in [4.78, 5) is 11.9. The van der Waals surface area contributed by atoms with E-state index in [0.29, 0.717) is 25.2 Å². The van der Waals surface area contributed by atoms with Crippen LogP contribution in [-0.4, -0.2) is 36.1 Å². The molecule has 0 amide bonds. The summed E-state index contributed by atoms with van der Waals surface area (Å²) in [5.41, 5.74) is 1.30. The molecule has 1 aromatic heterocycles. The molecule has 1 aromatic carbocycles. The Labute approximate surface area is 143 Å². The lowest BCUT2D eigenvalue weighted by molar-refractivity contribution is 0.0582. The Morgan fingerprint density at radius 2 is 2.08 bits per heavy atom. The van der Waals surface area contributed by atoms with Gasteiger partial charge < -0.3 is 14.2 Å². The molecule has 0 saturated heterocycles. The summed E-state index contributed by atoms with van der Waals surface area (Å²) in [5, 5.41) is 4.20. The predicted octanol–water partition coefficient (Wildman–Crippen LogP) is 2.47. The molecule has 134 valence electrons. The largest absolute Gasteiger partial charge is 0.494 e. The highest BCUT2D eigenvalue weighted by molar-refractivity contribution is 5.89. The predicted molar refractivity (Wildman–Crippen MR) is 83.6 cm³/mol. The molecule has 0 aliphatic carbocycles. The average Bonchev–Trinajstić information content (AvgIpc) is 2.96. The van der Waals surface area contributed by atoms with Crippen molar-refractivity contribution in [2.45, 2.75) is 26.5 Å². The Morgan fingerprint density at radius 1 is 1.36 bits per heavy atom. The van der Waals surface area contributed by atoms with Gasteiger partial charge in [-0.1, -0.05) is 0 Å². The Morgan fingerprint density at radius 3 is 2.72 bits per heavy atom. The summed E-state index contributed by atoms with van der Waals surface area (Å²) in [5.74, 6) is -1.92. The van der Waals surface area contributed by atoms with Crippen molar-refractivity contribution in [3.05, 3.63) is 46.3 Å². The Balaban J connectivity index is 1.98. The first-order valence-electron chi connectivity index (χ1n) is 7.90. The average molecular weight is 352 g/mol. The number of aromatic nitrogens is 2. The van der Waals surface area contributed by atoms with Crippen LogP contribution in [0.3, 0.4) is 0 Å². The van der Waals surface area contributed by atoms with E-state index in [1.165, 1.54) is 11.8 Å². The van der Waals surface area contributed by atoms with E-state index in [0.717, 1.165) is 17.8 Å². The van der Waals surface area contributed by atoms with Crippen LogP contribution in [0.2, 0.25) is 0 Å². The first-order chi connectivity index (χ1) is 12.0. The molecule has 0 atom stereocenters. The molecule has 0 bridgehead atoms. The van der Waals surface area contributed by atoms with Crippen LogP contribution < -0.4 is 4.74 Å². The van der Waals surface area contributed by atoms with Crippen LogP contribution in [0.15, 0.2) is 12.1 Å². The van der Waals surface area contributed by atoms with Gasteiger partial charge in [0.2, 0.25) is 0 Å². The smallest absolute Gasteiger partial charge is 0.358 e. The van der Waals surface area contributed by atoms with Crippen molar-refractivity contribution in [3.63, 3.8) is 0 Å². The van der Waals surface area contributed by atoms with Crippen LogP contribution in [-0.2, 0) is 29.0 Å². The molecule has 0 N–H and O–H groups in total. The fourth-order valence-corrected chi connectivity index (χ4v) is 2.83. The third-order valence-corrected chi connectivity index (χ3v) is 4.01. The van der Waals surface area contributed by atoms with E-state index in [9.17, 15) is 13.6 Å². The summed E-state index contributed by atoms with van der Waals surface area (Å²) < 4.78 is 45.3. The molecule has 0 radical (unpaired) electrons. The summed E-state index contributed by atoms with van der Waals surface area (Å²) in [7, 11) is 1.25. The number of hydrogen-bond donors (Lipinski definition) is 0. The normalized spacial score (nSPS) is 13.4. The van der Waals surface area contributed by atoms with Gasteiger partial charge in [0.25, 0.3) is 0 Å². The van der Waals surface area contributed by atoms with Crippen molar-refractivity contribution in [2.24, 2.45) is 0 Å². The topological polar surface area (TPSA) is 62.6 Å². The third-order valence-electron chi connectivity index (χ3n) is 4.01. The van der Waals surface area contributed by atoms with Gasteiger partial charge in [-0.25, -0.2) is 13.6 Å². The Bertz CT molecular complexity index is 781. The number of halogens is 2. The molecule has 0 spiro atoms. The van der Waals surface area contributed by atoms with Crippen molar-refractivity contribution in [2.75, 3.05) is 20.3 Å². The standard InChI is InChI=1S/C17H18F2N2O4/c1-3-25-10-6-13(18)11(14(19)7-10)8-21-15-4-5-24-9-12(15)16(20-21)17(22)23-2/h6-7H,3-5,8-9H2,1-2H3. The third kappa shape index (κ3) is 3.34. The molecule has 8 heteroatoms. The van der Waals surface area contributed by atoms with Crippen LogP contribution in [0.1, 0.15) is 34.2 Å². The number of methoxy groups -OCH3 is 1. The lowest BCUT2D eigenvalue weighted by atomic mass is 10.1. The molecular formula is C17H18F2N2O4. The highest BCUT2D eigenvalue weighted by Crippen LogP contribution is 2.25. The molecule has 0 saturated carbocycles. The first-order valence-corrected chi connectivity index (χ1v) is 7.90. The second-order valence-corrected chi connectivity index (χ2v) is 5.52. The number of esters is 1. The lowest BCUT2D eigenvalue weighted by Gasteiger charge is -2.15. The number of carbonyl (C=O) groups is 1. The van der Waals surface area contributed by atoms with E-state index in [1.807, 2.05) is 0 Å². The van der Waals surface area contributed by atoms with E-state index in [4.69, 9.17) is 14.2 Å². The van der Waals surface area contributed by atoms with E-state index in [1.54, 1.807) is 6.92 Å². The van der Waals surface area contributed by atoms with Crippen LogP contribution in [0.25, 0.3) is 0 Å². The fourth-order valence-electron chi connectivity index (χ4n) is 2.83. The summed E-state index contributed by atoms with van der Waals surface area (Å²) >= 11 is 0. The Hall–Kier alpha value is -2.48. The van der Waals surface area contributed by atoms with E-state index in [2.05, 4.69) is 5.10 Å². The monoisotopic (exact) mass is 352 g/mol. The van der Waals surface area contributed by atoms with Gasteiger partial charge >= 0.3 is 5.97 Å². The minimum absolute atomic E-state index is 0.115. The van der Waals surface area contributed by atoms with Crippen molar-refractivity contribution in [1.82, 2.24) is 9.78 Å². The van der Waals surface area contributed by atoms with Crippen molar-refractivity contribution in [1.29, 1.82) is 0 Å². The molecule has 0 unspecified atom stereocenters. The number of nitrogens with zero attached hydrogens (tertiary/aromatic N) is 2. The zero-order valence-electron chi connectivity index (χ0n) is 14.0. The Kier molecular flexibility index (Phi) is 4.98. The van der Waals surface area contributed by atoms with Crippen molar-refractivity contribution >= 4 is 5.97 Å². The molecular weight excluding hydrogens is 334 g/mol. The molecule has 25 heavy (non-hydrogen) atoms. The number of hydrogen-bond acceptors (Lipinski definition) is 5. The number of rotatable bonds is 5. The maximum Gasteiger partial charge on any atom is 0.358 e. The zero-order chi connectivity index (χ0) is 18.0. The molecule has 2 heterocycles. The van der Waals surface area contributed by atoms with Crippen LogP contribution in [0.5, 0.6) is 5.75 Å². The molecule has 1 aliphatic heterocycles. The van der Waals surface area contributed by atoms with Gasteiger partial charge in [0.15, 0.2) is 5.69 Å². The summed E-state index contributed by atoms with van der Waals surface area (Å²) in [6.45, 7) is 2.58. The number of benzene rings is 1. The SMILES string of the molecule is CCOc1cc(F)c(Cn2nc(C(=O)OC)c3c2CCOC3)c(F)c1. The second-order valence-electron chi connectivity index (χ2n) is 5.52. The fraction of sp³-hybridized carbons (Fsp3) is 0.412. The van der Waals surface area contributed by atoms with Gasteiger partial charge in [-0.15, -0.1) is 0 Å². The van der Waals surface area contributed by atoms with Gasteiger partial charge in [-0.05, 0) is 6.92 Å². The highest BCUT2D eigenvalue weighted by atomic mass is 19.1. The van der Waals surface area contributed by atoms with Crippen LogP contribution >= 0.6 is 0 Å². The minimum Gasteiger partial charge on any atom is -0.494 e. The van der Waals surface area contributed by atoms with E-state index >= 15 is 0 Å². The number of carbonyl (C=O) groups excluding carboxylic acids is 1. The van der Waals surface area contributed by atoms with Gasteiger partial charge in [-0.2, -0.15) is 5.10 Å². The molecule has 6 nitrogen and oxygen atoms in total. The van der Waals surface area contributed by atoms with Gasteiger partial charge in [0.05, 0.1) is 33.5 Å². The quantitative estimate of drug-likeness (QED) is 0.774. The maximum absolute atomic E-state index is 14.3. The van der Waals surface area contributed by atoms with Gasteiger partial charge in [-0.3, -0.25) is 4.68 Å². The molecule has 0 fully saturated rings. The summed E-state index contributed by atoms with van der Waals surface area (Å²) in [6, 6.07) is 2.28. The maximum atomic E-state index is 14.3. The van der Waals surface area contributed by atoms with E-state index in [-0.39, 0.29) is 30.2 Å². The van der Waals surface area contributed by atoms with Crippen LogP contribution in [0, 0.1) is 11.6 Å². The second kappa shape index (κ2) is 7.18. The van der Waals surface area contributed by atoms with E-state index < -0.39 is 17.6 Å². The number of ether oxygens (including phenoxy) is 3. The summed E-state index contributed by atoms with van der Waals surface area (Å²) in [6.07, 6.45) is 0.500. The highest BCUT2D eigenvalue weighted by Gasteiger charge is 2.27. The molecule has 3 rings (SSSR count). The lowest BCUT2D eigenvalue weighted by Crippen LogP contribution is -2.16. The number of fused-ring (bicyclic) bond motifs is 1. The zero-order valence-corrected chi connectivity index (χ0v) is 14.0. The molecule has 2 aromatic rings. The van der Waals surface area contributed by atoms with Gasteiger partial charge in [0, 0.05) is 35.4 Å².